The lowest BCUT2D eigenvalue weighted by atomic mass is 9.82. The number of aliphatic imine (C=N–C) groups is 1. The molecule has 2 aliphatic heterocycles. The van der Waals surface area contributed by atoms with E-state index in [2.05, 4.69) is 27.6 Å². The molecular weight excluding hydrogens is 461 g/mol. The Bertz CT molecular complexity index is 641. The van der Waals surface area contributed by atoms with Gasteiger partial charge in [0.2, 0.25) is 0 Å². The van der Waals surface area contributed by atoms with Crippen LogP contribution >= 0.6 is 24.0 Å². The van der Waals surface area contributed by atoms with E-state index in [0.717, 1.165) is 24.9 Å². The highest BCUT2D eigenvalue weighted by atomic mass is 127. The molecule has 0 amide bonds. The van der Waals surface area contributed by atoms with Gasteiger partial charge in [-0.3, -0.25) is 4.99 Å². The third-order valence-electron chi connectivity index (χ3n) is 5.97. The van der Waals surface area contributed by atoms with Crippen molar-refractivity contribution in [3.63, 3.8) is 0 Å². The smallest absolute Gasteiger partial charge is 0.191 e. The molecule has 3 unspecified atom stereocenters. The zero-order chi connectivity index (χ0) is 18.7. The van der Waals surface area contributed by atoms with Gasteiger partial charge in [-0.25, -0.2) is 8.78 Å². The Hall–Kier alpha value is -0.960. The third kappa shape index (κ3) is 5.53. The average molecular weight is 492 g/mol. The number of nitrogens with one attached hydrogen (secondary N) is 2. The van der Waals surface area contributed by atoms with Crippen LogP contribution in [0.25, 0.3) is 0 Å². The molecule has 0 radical (unpaired) electrons. The van der Waals surface area contributed by atoms with E-state index in [4.69, 9.17) is 0 Å². The van der Waals surface area contributed by atoms with E-state index in [-0.39, 0.29) is 29.9 Å². The molecule has 2 N–H and O–H groups in total. The number of hydrogen-bond acceptors (Lipinski definition) is 2. The molecule has 152 valence electrons. The van der Waals surface area contributed by atoms with Gasteiger partial charge in [-0.2, -0.15) is 0 Å². The summed E-state index contributed by atoms with van der Waals surface area (Å²) in [6, 6.07) is 5.50. The van der Waals surface area contributed by atoms with Crippen molar-refractivity contribution in [2.45, 2.75) is 63.1 Å². The molecule has 2 fully saturated rings. The minimum Gasteiger partial charge on any atom is -0.356 e. The molecule has 7 heteroatoms. The van der Waals surface area contributed by atoms with Crippen molar-refractivity contribution in [2.24, 2.45) is 4.99 Å². The summed E-state index contributed by atoms with van der Waals surface area (Å²) in [6.07, 6.45) is 6.15. The molecule has 4 nitrogen and oxygen atoms in total. The minimum atomic E-state index is -0.545. The van der Waals surface area contributed by atoms with Gasteiger partial charge in [-0.1, -0.05) is 19.4 Å². The number of piperidine rings is 2. The fourth-order valence-electron chi connectivity index (χ4n) is 4.38. The zero-order valence-corrected chi connectivity index (χ0v) is 18.7. The fourth-order valence-corrected chi connectivity index (χ4v) is 4.38. The van der Waals surface area contributed by atoms with Crippen molar-refractivity contribution in [3.05, 3.63) is 35.4 Å². The summed E-state index contributed by atoms with van der Waals surface area (Å²) >= 11 is 0. The topological polar surface area (TPSA) is 39.7 Å². The summed E-state index contributed by atoms with van der Waals surface area (Å²) in [6.45, 7) is 2.47. The monoisotopic (exact) mass is 492 g/mol. The Kier molecular flexibility index (Phi) is 8.27. The second kappa shape index (κ2) is 10.0. The van der Waals surface area contributed by atoms with Crippen LogP contribution in [0.3, 0.4) is 0 Å². The Labute approximate surface area is 178 Å². The Morgan fingerprint density at radius 1 is 1.26 bits per heavy atom. The van der Waals surface area contributed by atoms with Gasteiger partial charge in [0, 0.05) is 43.7 Å². The van der Waals surface area contributed by atoms with Crippen molar-refractivity contribution >= 4 is 29.9 Å². The van der Waals surface area contributed by atoms with Crippen LogP contribution in [0.5, 0.6) is 0 Å². The van der Waals surface area contributed by atoms with Crippen LogP contribution in [0.2, 0.25) is 0 Å². The van der Waals surface area contributed by atoms with Crippen LogP contribution in [0.4, 0.5) is 8.78 Å². The first-order valence-electron chi connectivity index (χ1n) is 9.62. The van der Waals surface area contributed by atoms with Gasteiger partial charge in [-0.15, -0.1) is 24.0 Å². The maximum atomic E-state index is 13.9. The van der Waals surface area contributed by atoms with Gasteiger partial charge >= 0.3 is 0 Å². The SMILES string of the molecule is CN=C(NCC(C)c1ccc(F)cc1F)NC1CC2CCCC(C1)N2C.I. The lowest BCUT2D eigenvalue weighted by Crippen LogP contribution is -2.56. The fraction of sp³-hybridized carbons (Fsp3) is 0.650. The van der Waals surface area contributed by atoms with Crippen LogP contribution < -0.4 is 10.6 Å². The van der Waals surface area contributed by atoms with Crippen molar-refractivity contribution in [1.29, 1.82) is 0 Å². The van der Waals surface area contributed by atoms with Crippen LogP contribution in [0.1, 0.15) is 50.5 Å². The van der Waals surface area contributed by atoms with Gasteiger partial charge < -0.3 is 15.5 Å². The van der Waals surface area contributed by atoms with E-state index in [1.807, 2.05) is 6.92 Å². The van der Waals surface area contributed by atoms with Crippen molar-refractivity contribution in [3.8, 4) is 0 Å². The van der Waals surface area contributed by atoms with Crippen LogP contribution in [-0.4, -0.2) is 49.6 Å². The summed E-state index contributed by atoms with van der Waals surface area (Å²) in [7, 11) is 4.00. The molecule has 1 aromatic carbocycles. The number of hydrogen-bond donors (Lipinski definition) is 2. The maximum absolute atomic E-state index is 13.9. The van der Waals surface area contributed by atoms with Crippen molar-refractivity contribution in [2.75, 3.05) is 20.6 Å². The highest BCUT2D eigenvalue weighted by Crippen LogP contribution is 2.32. The van der Waals surface area contributed by atoms with E-state index in [0.29, 0.717) is 30.2 Å². The summed E-state index contributed by atoms with van der Waals surface area (Å²) in [5.74, 6) is -0.361. The molecule has 0 spiro atoms. The Balaban J connectivity index is 0.00000261. The summed E-state index contributed by atoms with van der Waals surface area (Å²) in [5.41, 5.74) is 0.517. The zero-order valence-electron chi connectivity index (χ0n) is 16.3. The lowest BCUT2D eigenvalue weighted by Gasteiger charge is -2.47. The second-order valence-corrected chi connectivity index (χ2v) is 7.74. The first kappa shape index (κ1) is 22.3. The van der Waals surface area contributed by atoms with E-state index in [1.165, 1.54) is 31.4 Å². The first-order chi connectivity index (χ1) is 12.5. The minimum absolute atomic E-state index is 0. The molecule has 3 atom stereocenters. The number of benzene rings is 1. The van der Waals surface area contributed by atoms with E-state index >= 15 is 0 Å². The molecule has 2 aliphatic rings. The number of guanidine groups is 1. The van der Waals surface area contributed by atoms with Crippen molar-refractivity contribution < 1.29 is 8.78 Å². The highest BCUT2D eigenvalue weighted by Gasteiger charge is 2.36. The molecule has 27 heavy (non-hydrogen) atoms. The molecule has 3 rings (SSSR count). The van der Waals surface area contributed by atoms with Crippen molar-refractivity contribution in [1.82, 2.24) is 15.5 Å². The maximum Gasteiger partial charge on any atom is 0.191 e. The van der Waals surface area contributed by atoms with Gasteiger partial charge in [-0.05, 0) is 44.4 Å². The second-order valence-electron chi connectivity index (χ2n) is 7.74. The first-order valence-corrected chi connectivity index (χ1v) is 9.62. The quantitative estimate of drug-likeness (QED) is 0.381. The van der Waals surface area contributed by atoms with Gasteiger partial charge in [0.1, 0.15) is 11.6 Å². The third-order valence-corrected chi connectivity index (χ3v) is 5.97. The van der Waals surface area contributed by atoms with Crippen LogP contribution in [-0.2, 0) is 0 Å². The van der Waals surface area contributed by atoms with E-state index in [1.54, 1.807) is 7.05 Å². The normalized spacial score (nSPS) is 26.9. The molecule has 2 heterocycles. The summed E-state index contributed by atoms with van der Waals surface area (Å²) in [4.78, 5) is 6.86. The molecule has 2 bridgehead atoms. The average Bonchev–Trinajstić information content (AvgIpc) is 2.59. The summed E-state index contributed by atoms with van der Waals surface area (Å²) < 4.78 is 27.0. The molecule has 0 saturated carbocycles. The number of halogens is 3. The number of fused-ring (bicyclic) bond motifs is 2. The molecule has 1 aromatic rings. The Morgan fingerprint density at radius 2 is 1.93 bits per heavy atom. The molecule has 0 aromatic heterocycles. The summed E-state index contributed by atoms with van der Waals surface area (Å²) in [5, 5.41) is 6.84. The number of rotatable bonds is 4. The van der Waals surface area contributed by atoms with E-state index in [9.17, 15) is 8.78 Å². The highest BCUT2D eigenvalue weighted by molar-refractivity contribution is 14.0. The predicted molar refractivity (Wildman–Crippen MR) is 117 cm³/mol. The van der Waals surface area contributed by atoms with E-state index < -0.39 is 11.6 Å². The molecule has 2 saturated heterocycles. The molecular formula is C20H31F2IN4. The standard InChI is InChI=1S/C20H30F2N4.HI/c1-13(18-8-7-14(21)9-19(18)22)12-24-20(23-2)25-15-10-16-5-4-6-17(11-15)26(16)3;/h7-9,13,15-17H,4-6,10-12H2,1-3H3,(H2,23,24,25);1H. The van der Waals surface area contributed by atoms with Gasteiger partial charge in [0.15, 0.2) is 5.96 Å². The molecule has 0 aliphatic carbocycles. The van der Waals surface area contributed by atoms with Crippen LogP contribution in [0, 0.1) is 11.6 Å². The largest absolute Gasteiger partial charge is 0.356 e. The predicted octanol–water partition coefficient (Wildman–Crippen LogP) is 3.87. The Morgan fingerprint density at radius 3 is 2.52 bits per heavy atom. The number of nitrogens with zero attached hydrogens (tertiary/aromatic N) is 2. The lowest BCUT2D eigenvalue weighted by molar-refractivity contribution is 0.0526. The van der Waals surface area contributed by atoms with Gasteiger partial charge in [0.25, 0.3) is 0 Å². The van der Waals surface area contributed by atoms with Crippen LogP contribution in [0.15, 0.2) is 23.2 Å². The van der Waals surface area contributed by atoms with Gasteiger partial charge in [0.05, 0.1) is 0 Å².